The Balaban J connectivity index is 2.59. The standard InChI is InChI=1S/C10H14N2O4S/c1-12(8-10(13)14)17(15,16)11-7-9-5-3-2-4-6-9/h2-6,11H,7-8H2,1H3,(H,13,14). The number of carboxylic acid groups (broad SMARTS) is 1. The molecule has 0 fully saturated rings. The minimum absolute atomic E-state index is 0.132. The Morgan fingerprint density at radius 2 is 1.94 bits per heavy atom. The monoisotopic (exact) mass is 258 g/mol. The molecule has 0 unspecified atom stereocenters. The number of nitrogens with zero attached hydrogens (tertiary/aromatic N) is 1. The predicted octanol–water partition coefficient (Wildman–Crippen LogP) is 0.0374. The summed E-state index contributed by atoms with van der Waals surface area (Å²) in [5.74, 6) is -1.20. The molecule has 0 radical (unpaired) electrons. The smallest absolute Gasteiger partial charge is 0.318 e. The summed E-state index contributed by atoms with van der Waals surface area (Å²) >= 11 is 0. The van der Waals surface area contributed by atoms with Gasteiger partial charge in [0.05, 0.1) is 0 Å². The van der Waals surface area contributed by atoms with Crippen LogP contribution < -0.4 is 4.72 Å². The second kappa shape index (κ2) is 5.76. The van der Waals surface area contributed by atoms with Crippen molar-refractivity contribution in [2.75, 3.05) is 13.6 Å². The van der Waals surface area contributed by atoms with E-state index in [0.29, 0.717) is 0 Å². The number of carboxylic acids is 1. The van der Waals surface area contributed by atoms with Gasteiger partial charge in [0.25, 0.3) is 10.2 Å². The summed E-state index contributed by atoms with van der Waals surface area (Å²) < 4.78 is 26.2. The fourth-order valence-electron chi connectivity index (χ4n) is 1.16. The molecule has 0 atom stereocenters. The fourth-order valence-corrected chi connectivity index (χ4v) is 2.01. The number of aliphatic carboxylic acids is 1. The number of likely N-dealkylation sites (N-methyl/N-ethyl adjacent to an activating group) is 1. The molecule has 0 amide bonds. The van der Waals surface area contributed by atoms with E-state index in [1.807, 2.05) is 6.07 Å². The number of hydrogen-bond acceptors (Lipinski definition) is 3. The molecule has 1 aromatic rings. The molecule has 0 heterocycles. The van der Waals surface area contributed by atoms with Crippen molar-refractivity contribution in [2.45, 2.75) is 6.54 Å². The molecule has 17 heavy (non-hydrogen) atoms. The molecular weight excluding hydrogens is 244 g/mol. The second-order valence-corrected chi connectivity index (χ2v) is 5.32. The highest BCUT2D eigenvalue weighted by Gasteiger charge is 2.19. The first kappa shape index (κ1) is 13.6. The Labute approximate surface area is 100 Å². The van der Waals surface area contributed by atoms with Crippen LogP contribution in [0.5, 0.6) is 0 Å². The fraction of sp³-hybridized carbons (Fsp3) is 0.300. The average Bonchev–Trinajstić information content (AvgIpc) is 2.27. The third kappa shape index (κ3) is 4.51. The SMILES string of the molecule is CN(CC(=O)O)S(=O)(=O)NCc1ccccc1. The first-order chi connectivity index (χ1) is 7.92. The van der Waals surface area contributed by atoms with Crippen molar-refractivity contribution in [1.29, 1.82) is 0 Å². The minimum Gasteiger partial charge on any atom is -0.480 e. The van der Waals surface area contributed by atoms with Crippen molar-refractivity contribution in [3.63, 3.8) is 0 Å². The number of nitrogens with one attached hydrogen (secondary N) is 1. The van der Waals surface area contributed by atoms with Gasteiger partial charge in [-0.1, -0.05) is 30.3 Å². The molecule has 1 aromatic carbocycles. The van der Waals surface area contributed by atoms with E-state index in [1.54, 1.807) is 24.3 Å². The van der Waals surface area contributed by atoms with E-state index in [-0.39, 0.29) is 6.54 Å². The first-order valence-corrected chi connectivity index (χ1v) is 6.32. The van der Waals surface area contributed by atoms with Crippen molar-refractivity contribution in [2.24, 2.45) is 0 Å². The lowest BCUT2D eigenvalue weighted by Gasteiger charge is -2.15. The predicted molar refractivity (Wildman–Crippen MR) is 62.5 cm³/mol. The summed E-state index contributed by atoms with van der Waals surface area (Å²) in [6.07, 6.45) is 0. The number of carbonyl (C=O) groups is 1. The lowest BCUT2D eigenvalue weighted by molar-refractivity contribution is -0.137. The molecule has 6 nitrogen and oxygen atoms in total. The number of rotatable bonds is 6. The molecular formula is C10H14N2O4S. The van der Waals surface area contributed by atoms with Gasteiger partial charge in [0.2, 0.25) is 0 Å². The van der Waals surface area contributed by atoms with Crippen LogP contribution in [0.2, 0.25) is 0 Å². The molecule has 0 saturated heterocycles. The largest absolute Gasteiger partial charge is 0.480 e. The van der Waals surface area contributed by atoms with E-state index in [4.69, 9.17) is 5.11 Å². The summed E-state index contributed by atoms with van der Waals surface area (Å²) in [7, 11) is -2.54. The topological polar surface area (TPSA) is 86.7 Å². The molecule has 2 N–H and O–H groups in total. The zero-order valence-corrected chi connectivity index (χ0v) is 10.1. The molecule has 7 heteroatoms. The molecule has 0 aliphatic rings. The molecule has 0 aliphatic heterocycles. The van der Waals surface area contributed by atoms with Crippen LogP contribution in [-0.4, -0.2) is 37.4 Å². The lowest BCUT2D eigenvalue weighted by Crippen LogP contribution is -2.40. The molecule has 0 spiro atoms. The Bertz CT molecular complexity index is 472. The molecule has 0 saturated carbocycles. The van der Waals surface area contributed by atoms with Gasteiger partial charge in [0.15, 0.2) is 0 Å². The van der Waals surface area contributed by atoms with Gasteiger partial charge in [-0.25, -0.2) is 0 Å². The minimum atomic E-state index is -3.75. The number of hydrogen-bond donors (Lipinski definition) is 2. The maximum atomic E-state index is 11.6. The van der Waals surface area contributed by atoms with E-state index >= 15 is 0 Å². The second-order valence-electron chi connectivity index (χ2n) is 3.46. The average molecular weight is 258 g/mol. The van der Waals surface area contributed by atoms with Gasteiger partial charge in [-0.05, 0) is 5.56 Å². The van der Waals surface area contributed by atoms with Gasteiger partial charge >= 0.3 is 5.97 Å². The summed E-state index contributed by atoms with van der Waals surface area (Å²) in [5, 5.41) is 8.50. The van der Waals surface area contributed by atoms with Gasteiger partial charge in [-0.15, -0.1) is 0 Å². The Hall–Kier alpha value is -1.44. The van der Waals surface area contributed by atoms with E-state index < -0.39 is 22.7 Å². The van der Waals surface area contributed by atoms with Crippen LogP contribution in [0.25, 0.3) is 0 Å². The van der Waals surface area contributed by atoms with Gasteiger partial charge in [0.1, 0.15) is 6.54 Å². The number of benzene rings is 1. The van der Waals surface area contributed by atoms with Gasteiger partial charge in [-0.3, -0.25) is 4.79 Å². The van der Waals surface area contributed by atoms with Crippen molar-refractivity contribution in [3.05, 3.63) is 35.9 Å². The Morgan fingerprint density at radius 3 is 2.47 bits per heavy atom. The van der Waals surface area contributed by atoms with Crippen LogP contribution in [-0.2, 0) is 21.5 Å². The Morgan fingerprint density at radius 1 is 1.35 bits per heavy atom. The van der Waals surface area contributed by atoms with Crippen LogP contribution in [0.15, 0.2) is 30.3 Å². The molecule has 0 bridgehead atoms. The molecule has 94 valence electrons. The summed E-state index contributed by atoms with van der Waals surface area (Å²) in [6, 6.07) is 8.98. The van der Waals surface area contributed by atoms with Crippen molar-refractivity contribution >= 4 is 16.2 Å². The van der Waals surface area contributed by atoms with Crippen LogP contribution >= 0.6 is 0 Å². The van der Waals surface area contributed by atoms with Crippen LogP contribution in [0.4, 0.5) is 0 Å². The first-order valence-electron chi connectivity index (χ1n) is 4.88. The van der Waals surface area contributed by atoms with Crippen LogP contribution in [0.3, 0.4) is 0 Å². The van der Waals surface area contributed by atoms with E-state index in [1.165, 1.54) is 7.05 Å². The molecule has 0 aliphatic carbocycles. The van der Waals surface area contributed by atoms with Crippen molar-refractivity contribution < 1.29 is 18.3 Å². The normalized spacial score (nSPS) is 11.6. The summed E-state index contributed by atoms with van der Waals surface area (Å²) in [5.41, 5.74) is 0.805. The molecule has 1 rings (SSSR count). The highest BCUT2D eigenvalue weighted by atomic mass is 32.2. The maximum absolute atomic E-state index is 11.6. The van der Waals surface area contributed by atoms with Crippen molar-refractivity contribution in [3.8, 4) is 0 Å². The third-order valence-corrected chi connectivity index (χ3v) is 3.53. The van der Waals surface area contributed by atoms with E-state index in [2.05, 4.69) is 4.72 Å². The quantitative estimate of drug-likeness (QED) is 0.754. The summed E-state index contributed by atoms with van der Waals surface area (Å²) in [6.45, 7) is -0.433. The lowest BCUT2D eigenvalue weighted by atomic mass is 10.2. The Kier molecular flexibility index (Phi) is 4.62. The molecule has 0 aromatic heterocycles. The van der Waals surface area contributed by atoms with Crippen LogP contribution in [0.1, 0.15) is 5.56 Å². The van der Waals surface area contributed by atoms with Gasteiger partial charge in [0, 0.05) is 13.6 Å². The van der Waals surface area contributed by atoms with E-state index in [9.17, 15) is 13.2 Å². The third-order valence-electron chi connectivity index (χ3n) is 2.07. The highest BCUT2D eigenvalue weighted by Crippen LogP contribution is 2.00. The van der Waals surface area contributed by atoms with Crippen LogP contribution in [0, 0.1) is 0 Å². The van der Waals surface area contributed by atoms with E-state index in [0.717, 1.165) is 9.87 Å². The highest BCUT2D eigenvalue weighted by molar-refractivity contribution is 7.87. The summed E-state index contributed by atoms with van der Waals surface area (Å²) in [4.78, 5) is 10.4. The van der Waals surface area contributed by atoms with Crippen molar-refractivity contribution in [1.82, 2.24) is 9.03 Å². The zero-order chi connectivity index (χ0) is 12.9. The zero-order valence-electron chi connectivity index (χ0n) is 9.33. The van der Waals surface area contributed by atoms with Gasteiger partial charge in [-0.2, -0.15) is 17.4 Å². The maximum Gasteiger partial charge on any atom is 0.318 e. The van der Waals surface area contributed by atoms with Gasteiger partial charge < -0.3 is 5.11 Å².